The molecule has 0 amide bonds. The lowest BCUT2D eigenvalue weighted by molar-refractivity contribution is 0.0697. The number of carbonyl (C=O) groups is 1. The van der Waals surface area contributed by atoms with E-state index < -0.39 is 33.9 Å². The van der Waals surface area contributed by atoms with E-state index >= 15 is 0 Å². The number of hydrogen-bond donors (Lipinski definition) is 3. The van der Waals surface area contributed by atoms with Crippen molar-refractivity contribution in [3.8, 4) is 0 Å². The molecule has 0 radical (unpaired) electrons. The minimum absolute atomic E-state index is 0.194. The highest BCUT2D eigenvalue weighted by molar-refractivity contribution is 7.89. The van der Waals surface area contributed by atoms with Crippen LogP contribution in [0.15, 0.2) is 23.1 Å². The number of sulfonamides is 1. The Bertz CT molecular complexity index is 560. The summed E-state index contributed by atoms with van der Waals surface area (Å²) < 4.78 is 48.6. The molecule has 0 unspecified atom stereocenters. The van der Waals surface area contributed by atoms with Crippen LogP contribution in [0.1, 0.15) is 10.4 Å². The number of rotatable bonds is 5. The minimum Gasteiger partial charge on any atom is -0.478 e. The zero-order valence-corrected chi connectivity index (χ0v) is 9.75. The topological polar surface area (TPSA) is 109 Å². The second-order valence-electron chi connectivity index (χ2n) is 3.30. The number of aromatic carboxylic acids is 1. The molecule has 0 heterocycles. The fourth-order valence-corrected chi connectivity index (χ4v) is 2.29. The molecule has 0 aliphatic rings. The van der Waals surface area contributed by atoms with E-state index in [0.29, 0.717) is 0 Å². The molecule has 0 atom stereocenters. The van der Waals surface area contributed by atoms with Gasteiger partial charge in [0.15, 0.2) is 0 Å². The third kappa shape index (κ3) is 3.37. The molecule has 1 aromatic rings. The molecule has 0 saturated heterocycles. The number of alkyl halides is 2. The SMILES string of the molecule is Nc1cc(C(=O)O)ccc1S(=O)(=O)NCC(F)F. The number of halogens is 2. The van der Waals surface area contributed by atoms with Crippen LogP contribution in [0, 0.1) is 0 Å². The summed E-state index contributed by atoms with van der Waals surface area (Å²) in [6, 6.07) is 2.92. The number of anilines is 1. The monoisotopic (exact) mass is 280 g/mol. The van der Waals surface area contributed by atoms with Crippen molar-refractivity contribution in [1.82, 2.24) is 4.72 Å². The highest BCUT2D eigenvalue weighted by Gasteiger charge is 2.20. The quantitative estimate of drug-likeness (QED) is 0.681. The number of nitrogens with two attached hydrogens (primary N) is 1. The van der Waals surface area contributed by atoms with E-state index in [1.807, 2.05) is 0 Å². The maximum Gasteiger partial charge on any atom is 0.335 e. The fourth-order valence-electron chi connectivity index (χ4n) is 1.18. The van der Waals surface area contributed by atoms with E-state index in [2.05, 4.69) is 0 Å². The summed E-state index contributed by atoms with van der Waals surface area (Å²) in [4.78, 5) is 10.2. The summed E-state index contributed by atoms with van der Waals surface area (Å²) in [7, 11) is -4.18. The molecule has 6 nitrogen and oxygen atoms in total. The molecule has 4 N–H and O–H groups in total. The molecule has 9 heteroatoms. The first kappa shape index (κ1) is 14.3. The van der Waals surface area contributed by atoms with Gasteiger partial charge in [-0.15, -0.1) is 0 Å². The van der Waals surface area contributed by atoms with Crippen molar-refractivity contribution in [3.63, 3.8) is 0 Å². The first-order chi connectivity index (χ1) is 8.24. The summed E-state index contributed by atoms with van der Waals surface area (Å²) in [5, 5.41) is 8.66. The van der Waals surface area contributed by atoms with Gasteiger partial charge in [0, 0.05) is 0 Å². The van der Waals surface area contributed by atoms with E-state index in [1.54, 1.807) is 4.72 Å². The molecule has 100 valence electrons. The average molecular weight is 280 g/mol. The molecule has 0 bridgehead atoms. The van der Waals surface area contributed by atoms with Crippen molar-refractivity contribution >= 4 is 21.7 Å². The Morgan fingerprint density at radius 3 is 2.50 bits per heavy atom. The van der Waals surface area contributed by atoms with Crippen LogP contribution in [0.25, 0.3) is 0 Å². The smallest absolute Gasteiger partial charge is 0.335 e. The Balaban J connectivity index is 3.06. The van der Waals surface area contributed by atoms with E-state index in [9.17, 15) is 22.0 Å². The number of hydrogen-bond acceptors (Lipinski definition) is 4. The van der Waals surface area contributed by atoms with Gasteiger partial charge in [-0.1, -0.05) is 0 Å². The van der Waals surface area contributed by atoms with Crippen LogP contribution in [0.2, 0.25) is 0 Å². The third-order valence-corrected chi connectivity index (χ3v) is 3.47. The zero-order chi connectivity index (χ0) is 13.9. The van der Waals surface area contributed by atoms with Gasteiger partial charge < -0.3 is 10.8 Å². The van der Waals surface area contributed by atoms with E-state index in [0.717, 1.165) is 18.2 Å². The number of carboxylic acid groups (broad SMARTS) is 1. The van der Waals surface area contributed by atoms with Gasteiger partial charge >= 0.3 is 5.97 Å². The average Bonchev–Trinajstić information content (AvgIpc) is 2.26. The molecule has 0 aliphatic carbocycles. The first-order valence-corrected chi connectivity index (χ1v) is 6.13. The van der Waals surface area contributed by atoms with E-state index in [-0.39, 0.29) is 11.3 Å². The van der Waals surface area contributed by atoms with E-state index in [4.69, 9.17) is 10.8 Å². The Morgan fingerprint density at radius 2 is 2.06 bits per heavy atom. The van der Waals surface area contributed by atoms with Crippen LogP contribution in [0.5, 0.6) is 0 Å². The van der Waals surface area contributed by atoms with Gasteiger partial charge in [-0.3, -0.25) is 0 Å². The predicted octanol–water partition coefficient (Wildman–Crippen LogP) is 0.510. The summed E-state index contributed by atoms with van der Waals surface area (Å²) in [6.45, 7) is -1.04. The van der Waals surface area contributed by atoms with E-state index in [1.165, 1.54) is 0 Å². The van der Waals surface area contributed by atoms with Gasteiger partial charge in [-0.25, -0.2) is 26.7 Å². The van der Waals surface area contributed by atoms with Crippen LogP contribution in [0.4, 0.5) is 14.5 Å². The standard InChI is InChI=1S/C9H10F2N2O4S/c10-8(11)4-13-18(16,17)7-2-1-5(9(14)15)3-6(7)12/h1-3,8,13H,4,12H2,(H,14,15). The van der Waals surface area contributed by atoms with Crippen molar-refractivity contribution in [2.24, 2.45) is 0 Å². The van der Waals surface area contributed by atoms with Crippen molar-refractivity contribution < 1.29 is 27.1 Å². The number of benzene rings is 1. The summed E-state index contributed by atoms with van der Waals surface area (Å²) in [5.41, 5.74) is 4.86. The Morgan fingerprint density at radius 1 is 1.44 bits per heavy atom. The molecule has 1 aromatic carbocycles. The molecule has 18 heavy (non-hydrogen) atoms. The largest absolute Gasteiger partial charge is 0.478 e. The number of nitrogens with one attached hydrogen (secondary N) is 1. The lowest BCUT2D eigenvalue weighted by Crippen LogP contribution is -2.29. The molecule has 0 aliphatic heterocycles. The van der Waals surface area contributed by atoms with Crippen LogP contribution in [0.3, 0.4) is 0 Å². The van der Waals surface area contributed by atoms with Gasteiger partial charge in [0.2, 0.25) is 10.0 Å². The third-order valence-electron chi connectivity index (χ3n) is 1.97. The van der Waals surface area contributed by atoms with Gasteiger partial charge in [0.05, 0.1) is 17.8 Å². The molecule has 0 spiro atoms. The molecule has 0 saturated carbocycles. The molecule has 0 fully saturated rings. The van der Waals surface area contributed by atoms with Crippen molar-refractivity contribution in [3.05, 3.63) is 23.8 Å². The maximum absolute atomic E-state index is 11.9. The van der Waals surface area contributed by atoms with Gasteiger partial charge in [0.1, 0.15) is 4.90 Å². The summed E-state index contributed by atoms with van der Waals surface area (Å²) in [5.74, 6) is -1.27. The molecular weight excluding hydrogens is 270 g/mol. The first-order valence-electron chi connectivity index (χ1n) is 4.64. The highest BCUT2D eigenvalue weighted by atomic mass is 32.2. The van der Waals surface area contributed by atoms with Gasteiger partial charge in [0.25, 0.3) is 6.43 Å². The van der Waals surface area contributed by atoms with Crippen molar-refractivity contribution in [1.29, 1.82) is 0 Å². The van der Waals surface area contributed by atoms with Crippen LogP contribution >= 0.6 is 0 Å². The lowest BCUT2D eigenvalue weighted by Gasteiger charge is -2.09. The normalized spacial score (nSPS) is 11.7. The minimum atomic E-state index is -4.18. The van der Waals surface area contributed by atoms with Gasteiger partial charge in [-0.05, 0) is 18.2 Å². The lowest BCUT2D eigenvalue weighted by atomic mass is 10.2. The van der Waals surface area contributed by atoms with Gasteiger partial charge in [-0.2, -0.15) is 0 Å². The van der Waals surface area contributed by atoms with Crippen LogP contribution in [-0.4, -0.2) is 32.5 Å². The Kier molecular flexibility index (Phi) is 4.19. The fraction of sp³-hybridized carbons (Fsp3) is 0.222. The van der Waals surface area contributed by atoms with Crippen molar-refractivity contribution in [2.75, 3.05) is 12.3 Å². The number of nitrogen functional groups attached to an aromatic ring is 1. The Hall–Kier alpha value is -1.74. The molecule has 1 rings (SSSR count). The second kappa shape index (κ2) is 5.27. The molecule has 0 aromatic heterocycles. The van der Waals surface area contributed by atoms with Crippen molar-refractivity contribution in [2.45, 2.75) is 11.3 Å². The van der Waals surface area contributed by atoms with Crippen LogP contribution in [-0.2, 0) is 10.0 Å². The highest BCUT2D eigenvalue weighted by Crippen LogP contribution is 2.19. The molecular formula is C9H10F2N2O4S. The Labute approximate surface area is 101 Å². The maximum atomic E-state index is 11.9. The summed E-state index contributed by atoms with van der Waals surface area (Å²) >= 11 is 0. The predicted molar refractivity (Wildman–Crippen MR) is 59.0 cm³/mol. The number of carboxylic acids is 1. The zero-order valence-electron chi connectivity index (χ0n) is 8.93. The summed E-state index contributed by atoms with van der Waals surface area (Å²) in [6.07, 6.45) is -2.83. The van der Waals surface area contributed by atoms with Crippen LogP contribution < -0.4 is 10.5 Å². The second-order valence-corrected chi connectivity index (χ2v) is 5.04.